The zero-order valence-electron chi connectivity index (χ0n) is 11.3. The Balaban J connectivity index is 2.10. The molecule has 0 aliphatic carbocycles. The van der Waals surface area contributed by atoms with Crippen LogP contribution < -0.4 is 0 Å². The molecule has 0 spiro atoms. The average Bonchev–Trinajstić information content (AvgIpc) is 2.48. The summed E-state index contributed by atoms with van der Waals surface area (Å²) in [4.78, 5) is 16.8. The Labute approximate surface area is 116 Å². The number of carbonyl (C=O) groups excluding carboxylic acids is 1. The van der Waals surface area contributed by atoms with Gasteiger partial charge in [-0.1, -0.05) is 18.2 Å². The maximum absolute atomic E-state index is 12.6. The van der Waals surface area contributed by atoms with Crippen molar-refractivity contribution in [1.29, 1.82) is 0 Å². The van der Waals surface area contributed by atoms with Gasteiger partial charge in [0.1, 0.15) is 0 Å². The van der Waals surface area contributed by atoms with Crippen molar-refractivity contribution in [3.8, 4) is 0 Å². The summed E-state index contributed by atoms with van der Waals surface area (Å²) in [7, 11) is 0. The molecule has 0 aliphatic heterocycles. The fourth-order valence-corrected chi connectivity index (χ4v) is 2.14. The van der Waals surface area contributed by atoms with Gasteiger partial charge in [-0.2, -0.15) is 10.2 Å². The number of nitrogens with zero attached hydrogens (tertiary/aromatic N) is 3. The van der Waals surface area contributed by atoms with Crippen molar-refractivity contribution in [1.82, 2.24) is 15.2 Å². The van der Waals surface area contributed by atoms with E-state index in [1.54, 1.807) is 19.2 Å². The lowest BCUT2D eigenvalue weighted by Gasteiger charge is -2.05. The van der Waals surface area contributed by atoms with Crippen LogP contribution >= 0.6 is 0 Å². The predicted octanol–water partition coefficient (Wildman–Crippen LogP) is 2.87. The van der Waals surface area contributed by atoms with Gasteiger partial charge in [-0.15, -0.1) is 0 Å². The summed E-state index contributed by atoms with van der Waals surface area (Å²) in [6.45, 7) is 3.62. The van der Waals surface area contributed by atoms with Crippen molar-refractivity contribution in [2.75, 3.05) is 0 Å². The lowest BCUT2D eigenvalue weighted by Crippen LogP contribution is -2.07. The Morgan fingerprint density at radius 3 is 2.75 bits per heavy atom. The van der Waals surface area contributed by atoms with Crippen LogP contribution in [0, 0.1) is 13.8 Å². The molecule has 0 fully saturated rings. The van der Waals surface area contributed by atoms with Crippen LogP contribution in [0.3, 0.4) is 0 Å². The summed E-state index contributed by atoms with van der Waals surface area (Å²) < 4.78 is 0. The maximum Gasteiger partial charge on any atom is 0.195 e. The molecule has 98 valence electrons. The minimum Gasteiger partial charge on any atom is -0.289 e. The Morgan fingerprint density at radius 2 is 1.90 bits per heavy atom. The summed E-state index contributed by atoms with van der Waals surface area (Å²) in [5.41, 5.74) is 3.40. The number of benzene rings is 1. The van der Waals surface area contributed by atoms with Crippen LogP contribution in [-0.2, 0) is 0 Å². The molecule has 1 aromatic carbocycles. The van der Waals surface area contributed by atoms with Crippen molar-refractivity contribution in [2.24, 2.45) is 0 Å². The number of aromatic nitrogens is 3. The highest BCUT2D eigenvalue weighted by atomic mass is 16.1. The van der Waals surface area contributed by atoms with Crippen molar-refractivity contribution in [3.05, 3.63) is 65.1 Å². The summed E-state index contributed by atoms with van der Waals surface area (Å²) >= 11 is 0. The minimum absolute atomic E-state index is 0.0481. The third kappa shape index (κ3) is 2.16. The van der Waals surface area contributed by atoms with Gasteiger partial charge in [-0.25, -0.2) is 0 Å². The largest absolute Gasteiger partial charge is 0.289 e. The van der Waals surface area contributed by atoms with E-state index in [9.17, 15) is 4.79 Å². The monoisotopic (exact) mass is 263 g/mol. The fourth-order valence-electron chi connectivity index (χ4n) is 2.14. The molecular weight excluding hydrogens is 250 g/mol. The van der Waals surface area contributed by atoms with E-state index in [1.165, 1.54) is 0 Å². The molecule has 0 saturated heterocycles. The highest BCUT2D eigenvalue weighted by Crippen LogP contribution is 2.17. The van der Waals surface area contributed by atoms with E-state index in [-0.39, 0.29) is 5.78 Å². The third-order valence-electron chi connectivity index (χ3n) is 3.21. The first kappa shape index (κ1) is 12.4. The van der Waals surface area contributed by atoms with Crippen LogP contribution in [0.2, 0.25) is 0 Å². The topological polar surface area (TPSA) is 55.7 Å². The highest BCUT2D eigenvalue weighted by Gasteiger charge is 2.14. The van der Waals surface area contributed by atoms with Crippen LogP contribution in [0.15, 0.2) is 42.6 Å². The van der Waals surface area contributed by atoms with Gasteiger partial charge in [-0.05, 0) is 32.0 Å². The van der Waals surface area contributed by atoms with Crippen LogP contribution in [0.4, 0.5) is 0 Å². The van der Waals surface area contributed by atoms with E-state index >= 15 is 0 Å². The summed E-state index contributed by atoms with van der Waals surface area (Å²) in [5.74, 6) is -0.0481. The van der Waals surface area contributed by atoms with E-state index in [2.05, 4.69) is 15.2 Å². The molecule has 3 aromatic rings. The third-order valence-corrected chi connectivity index (χ3v) is 3.21. The first-order chi connectivity index (χ1) is 9.65. The van der Waals surface area contributed by atoms with Crippen LogP contribution in [-0.4, -0.2) is 21.0 Å². The molecule has 0 aliphatic rings. The lowest BCUT2D eigenvalue weighted by molar-refractivity contribution is 0.103. The number of aryl methyl sites for hydroxylation is 2. The van der Waals surface area contributed by atoms with E-state index in [4.69, 9.17) is 0 Å². The molecule has 20 heavy (non-hydrogen) atoms. The molecule has 2 heterocycles. The normalized spacial score (nSPS) is 10.7. The predicted molar refractivity (Wildman–Crippen MR) is 76.7 cm³/mol. The van der Waals surface area contributed by atoms with Crippen molar-refractivity contribution in [2.45, 2.75) is 13.8 Å². The van der Waals surface area contributed by atoms with Gasteiger partial charge in [0.2, 0.25) is 0 Å². The molecule has 0 amide bonds. The second-order valence-corrected chi connectivity index (χ2v) is 4.72. The van der Waals surface area contributed by atoms with Crippen LogP contribution in [0.1, 0.15) is 27.3 Å². The number of carbonyl (C=O) groups is 1. The molecule has 4 heteroatoms. The number of fused-ring (bicyclic) bond motifs is 1. The second kappa shape index (κ2) is 4.81. The summed E-state index contributed by atoms with van der Waals surface area (Å²) in [6.07, 6.45) is 1.72. The van der Waals surface area contributed by atoms with Gasteiger partial charge >= 0.3 is 0 Å². The number of hydrogen-bond donors (Lipinski definition) is 0. The molecule has 3 rings (SSSR count). The zero-order valence-corrected chi connectivity index (χ0v) is 11.3. The minimum atomic E-state index is -0.0481. The first-order valence-corrected chi connectivity index (χ1v) is 6.35. The van der Waals surface area contributed by atoms with Gasteiger partial charge in [0, 0.05) is 22.7 Å². The van der Waals surface area contributed by atoms with E-state index in [0.717, 1.165) is 16.6 Å². The molecular formula is C16H13N3O. The Bertz CT molecular complexity index is 812. The molecule has 0 saturated carbocycles. The van der Waals surface area contributed by atoms with Gasteiger partial charge < -0.3 is 0 Å². The average molecular weight is 263 g/mol. The quantitative estimate of drug-likeness (QED) is 0.667. The van der Waals surface area contributed by atoms with Crippen LogP contribution in [0.25, 0.3) is 10.9 Å². The highest BCUT2D eigenvalue weighted by molar-refractivity contribution is 6.11. The molecule has 0 N–H and O–H groups in total. The maximum atomic E-state index is 12.6. The van der Waals surface area contributed by atoms with E-state index < -0.39 is 0 Å². The van der Waals surface area contributed by atoms with Gasteiger partial charge in [0.25, 0.3) is 0 Å². The van der Waals surface area contributed by atoms with Crippen molar-refractivity contribution in [3.63, 3.8) is 0 Å². The second-order valence-electron chi connectivity index (χ2n) is 4.72. The Kier molecular flexibility index (Phi) is 2.99. The summed E-state index contributed by atoms with van der Waals surface area (Å²) in [5, 5.41) is 8.97. The molecule has 2 aromatic heterocycles. The van der Waals surface area contributed by atoms with Gasteiger partial charge in [0.15, 0.2) is 5.78 Å². The molecule has 0 radical (unpaired) electrons. The first-order valence-electron chi connectivity index (χ1n) is 6.35. The van der Waals surface area contributed by atoms with Crippen molar-refractivity contribution < 1.29 is 4.79 Å². The molecule has 0 unspecified atom stereocenters. The van der Waals surface area contributed by atoms with E-state index in [1.807, 2.05) is 37.3 Å². The number of hydrogen-bond acceptors (Lipinski definition) is 4. The lowest BCUT2D eigenvalue weighted by atomic mass is 10.0. The standard InChI is InChI=1S/C16H13N3O/c1-10-8-14(11(2)19-18-10)16(20)13-6-5-12-4-3-7-17-15(12)9-13/h3-9H,1-2H3. The van der Waals surface area contributed by atoms with Gasteiger partial charge in [0.05, 0.1) is 16.9 Å². The van der Waals surface area contributed by atoms with Crippen LogP contribution in [0.5, 0.6) is 0 Å². The molecule has 0 bridgehead atoms. The zero-order chi connectivity index (χ0) is 14.1. The molecule has 4 nitrogen and oxygen atoms in total. The number of rotatable bonds is 2. The molecule has 0 atom stereocenters. The van der Waals surface area contributed by atoms with E-state index in [0.29, 0.717) is 16.8 Å². The van der Waals surface area contributed by atoms with Crippen molar-refractivity contribution >= 4 is 16.7 Å². The summed E-state index contributed by atoms with van der Waals surface area (Å²) in [6, 6.07) is 11.2. The fraction of sp³-hybridized carbons (Fsp3) is 0.125. The smallest absolute Gasteiger partial charge is 0.195 e. The SMILES string of the molecule is Cc1cc(C(=O)c2ccc3cccnc3c2)c(C)nn1. The van der Waals surface area contributed by atoms with Gasteiger partial charge in [-0.3, -0.25) is 9.78 Å². The Hall–Kier alpha value is -2.62. The number of ketones is 1. The number of pyridine rings is 1. The Morgan fingerprint density at radius 1 is 1.05 bits per heavy atom.